The molecule has 4 aromatic rings. The van der Waals surface area contributed by atoms with E-state index in [0.29, 0.717) is 40.0 Å². The summed E-state index contributed by atoms with van der Waals surface area (Å²) in [5.41, 5.74) is 4.03. The van der Waals surface area contributed by atoms with Crippen LogP contribution in [0.5, 0.6) is 0 Å². The van der Waals surface area contributed by atoms with Crippen molar-refractivity contribution in [1.29, 1.82) is 0 Å². The van der Waals surface area contributed by atoms with Gasteiger partial charge < -0.3 is 5.32 Å². The van der Waals surface area contributed by atoms with Crippen LogP contribution in [0.25, 0.3) is 11.0 Å². The van der Waals surface area contributed by atoms with Gasteiger partial charge >= 0.3 is 0 Å². The Morgan fingerprint density at radius 1 is 1.11 bits per heavy atom. The highest BCUT2D eigenvalue weighted by Gasteiger charge is 2.19. The summed E-state index contributed by atoms with van der Waals surface area (Å²) < 4.78 is 16.6. The lowest BCUT2D eigenvalue weighted by molar-refractivity contribution is -0.113. The van der Waals surface area contributed by atoms with Crippen LogP contribution in [0.15, 0.2) is 58.5 Å². The minimum Gasteiger partial charge on any atom is -0.325 e. The highest BCUT2D eigenvalue weighted by molar-refractivity contribution is 7.99. The minimum atomic E-state index is -0.345. The van der Waals surface area contributed by atoms with E-state index >= 15 is 0 Å². The van der Waals surface area contributed by atoms with Gasteiger partial charge in [0.05, 0.1) is 18.0 Å². The fraction of sp³-hybridized carbons (Fsp3) is 0.308. The molecule has 0 radical (unpaired) electrons. The van der Waals surface area contributed by atoms with Crippen molar-refractivity contribution in [3.05, 3.63) is 81.5 Å². The molecule has 0 bridgehead atoms. The summed E-state index contributed by atoms with van der Waals surface area (Å²) in [6.07, 6.45) is 0. The smallest absolute Gasteiger partial charge is 0.280 e. The van der Waals surface area contributed by atoms with Crippen LogP contribution in [0.4, 0.5) is 10.1 Å². The Bertz CT molecular complexity index is 1410. The summed E-state index contributed by atoms with van der Waals surface area (Å²) in [6, 6.07) is 13.8. The predicted molar refractivity (Wildman–Crippen MR) is 138 cm³/mol. The van der Waals surface area contributed by atoms with Crippen LogP contribution in [-0.2, 0) is 17.9 Å². The van der Waals surface area contributed by atoms with Gasteiger partial charge in [-0.25, -0.2) is 9.37 Å². The highest BCUT2D eigenvalue weighted by atomic mass is 32.2. The number of aryl methyl sites for hydroxylation is 2. The molecule has 1 amide bonds. The molecule has 0 spiro atoms. The Kier molecular flexibility index (Phi) is 7.35. The first-order valence-electron chi connectivity index (χ1n) is 11.5. The first-order valence-corrected chi connectivity index (χ1v) is 12.5. The van der Waals surface area contributed by atoms with Crippen LogP contribution >= 0.6 is 11.8 Å². The zero-order valence-corrected chi connectivity index (χ0v) is 21.0. The van der Waals surface area contributed by atoms with Gasteiger partial charge in [-0.15, -0.1) is 0 Å². The average Bonchev–Trinajstić information content (AvgIpc) is 3.17. The molecular weight excluding hydrogens is 465 g/mol. The zero-order chi connectivity index (χ0) is 25.1. The molecule has 0 saturated heterocycles. The Labute approximate surface area is 207 Å². The summed E-state index contributed by atoms with van der Waals surface area (Å²) in [6.45, 7) is 8.69. The number of hydrogen-bond acceptors (Lipinski definition) is 5. The van der Waals surface area contributed by atoms with Gasteiger partial charge in [0.1, 0.15) is 11.3 Å². The first-order chi connectivity index (χ1) is 16.8. The van der Waals surface area contributed by atoms with Gasteiger partial charge in [0.15, 0.2) is 10.7 Å². The van der Waals surface area contributed by atoms with Crippen LogP contribution < -0.4 is 10.9 Å². The van der Waals surface area contributed by atoms with E-state index in [-0.39, 0.29) is 29.6 Å². The Morgan fingerprint density at radius 3 is 2.43 bits per heavy atom. The monoisotopic (exact) mass is 493 g/mol. The third-order valence-corrected chi connectivity index (χ3v) is 6.71. The maximum atomic E-state index is 13.5. The van der Waals surface area contributed by atoms with Gasteiger partial charge in [-0.1, -0.05) is 49.9 Å². The summed E-state index contributed by atoms with van der Waals surface area (Å²) in [5, 5.41) is 7.75. The fourth-order valence-electron chi connectivity index (χ4n) is 3.82. The summed E-state index contributed by atoms with van der Waals surface area (Å²) in [7, 11) is 0. The lowest BCUT2D eigenvalue weighted by atomic mass is 10.0. The second kappa shape index (κ2) is 10.4. The molecule has 2 aromatic carbocycles. The van der Waals surface area contributed by atoms with Crippen molar-refractivity contribution < 1.29 is 9.18 Å². The average molecular weight is 494 g/mol. The molecule has 0 aliphatic rings. The maximum Gasteiger partial charge on any atom is 0.280 e. The molecule has 7 nitrogen and oxygen atoms in total. The van der Waals surface area contributed by atoms with E-state index in [0.717, 1.165) is 5.56 Å². The first kappa shape index (κ1) is 24.7. The van der Waals surface area contributed by atoms with Crippen LogP contribution in [0.2, 0.25) is 0 Å². The number of carbonyl (C=O) groups is 1. The number of hydrogen-bond donors (Lipinski definition) is 1. The number of fused-ring (bicyclic) bond motifs is 1. The third kappa shape index (κ3) is 5.45. The second-order valence-corrected chi connectivity index (χ2v) is 9.57. The quantitative estimate of drug-likeness (QED) is 0.277. The van der Waals surface area contributed by atoms with E-state index in [1.165, 1.54) is 34.0 Å². The van der Waals surface area contributed by atoms with Crippen LogP contribution in [0.3, 0.4) is 0 Å². The zero-order valence-electron chi connectivity index (χ0n) is 20.2. The van der Waals surface area contributed by atoms with Crippen molar-refractivity contribution in [1.82, 2.24) is 19.3 Å². The van der Waals surface area contributed by atoms with Crippen molar-refractivity contribution in [2.45, 2.75) is 51.9 Å². The molecule has 1 N–H and O–H groups in total. The lowest BCUT2D eigenvalue weighted by Gasteiger charge is -2.13. The Balaban J connectivity index is 1.62. The number of nitrogens with zero attached hydrogens (tertiary/aromatic N) is 4. The number of benzene rings is 2. The molecule has 2 aromatic heterocycles. The number of nitrogens with one attached hydrogen (secondary N) is 1. The molecule has 4 rings (SSSR count). The minimum absolute atomic E-state index is 0.0776. The number of halogens is 1. The van der Waals surface area contributed by atoms with Gasteiger partial charge in [-0.2, -0.15) is 5.10 Å². The molecule has 0 atom stereocenters. The van der Waals surface area contributed by atoms with E-state index in [9.17, 15) is 14.0 Å². The van der Waals surface area contributed by atoms with Crippen LogP contribution in [0, 0.1) is 12.7 Å². The van der Waals surface area contributed by atoms with Crippen molar-refractivity contribution in [3.63, 3.8) is 0 Å². The molecule has 0 saturated carbocycles. The lowest BCUT2D eigenvalue weighted by Crippen LogP contribution is -2.26. The van der Waals surface area contributed by atoms with Gasteiger partial charge in [0, 0.05) is 12.2 Å². The Hall–Kier alpha value is -3.46. The standard InChI is InChI=1S/C26H28FN5O2S/c1-5-32-24-23(17(4)30-32)29-26(31(25(24)34)14-18-6-10-20(27)11-7-18)35-15-22(33)28-21-12-8-19(9-13-21)16(2)3/h6-13,16H,5,14-15H2,1-4H3,(H,28,33). The number of thioether (sulfide) groups is 1. The van der Waals surface area contributed by atoms with E-state index in [1.54, 1.807) is 16.8 Å². The molecule has 182 valence electrons. The number of anilines is 1. The van der Waals surface area contributed by atoms with E-state index in [1.807, 2.05) is 38.1 Å². The normalized spacial score (nSPS) is 11.4. The highest BCUT2D eigenvalue weighted by Crippen LogP contribution is 2.22. The largest absolute Gasteiger partial charge is 0.325 e. The topological polar surface area (TPSA) is 81.8 Å². The molecule has 0 aliphatic carbocycles. The van der Waals surface area contributed by atoms with Crippen molar-refractivity contribution >= 4 is 34.4 Å². The SMILES string of the molecule is CCn1nc(C)c2nc(SCC(=O)Nc3ccc(C(C)C)cc3)n(Cc3ccc(F)cc3)c(=O)c21. The fourth-order valence-corrected chi connectivity index (χ4v) is 4.61. The van der Waals surface area contributed by atoms with Gasteiger partial charge in [-0.3, -0.25) is 18.8 Å². The molecule has 2 heterocycles. The molecular formula is C26H28FN5O2S. The molecule has 0 unspecified atom stereocenters. The predicted octanol–water partition coefficient (Wildman–Crippen LogP) is 4.96. The van der Waals surface area contributed by atoms with E-state index in [4.69, 9.17) is 4.98 Å². The van der Waals surface area contributed by atoms with E-state index in [2.05, 4.69) is 24.3 Å². The molecule has 0 fully saturated rings. The number of aromatic nitrogens is 4. The summed E-state index contributed by atoms with van der Waals surface area (Å²) in [5.74, 6) is -0.0542. The number of rotatable bonds is 8. The molecule has 35 heavy (non-hydrogen) atoms. The summed E-state index contributed by atoms with van der Waals surface area (Å²) in [4.78, 5) is 30.9. The van der Waals surface area contributed by atoms with Crippen molar-refractivity contribution in [2.24, 2.45) is 0 Å². The van der Waals surface area contributed by atoms with Crippen molar-refractivity contribution in [3.8, 4) is 0 Å². The molecule has 0 aliphatic heterocycles. The van der Waals surface area contributed by atoms with Crippen molar-refractivity contribution in [2.75, 3.05) is 11.1 Å². The van der Waals surface area contributed by atoms with E-state index < -0.39 is 0 Å². The summed E-state index contributed by atoms with van der Waals surface area (Å²) >= 11 is 1.19. The number of amides is 1. The number of carbonyl (C=O) groups excluding carboxylic acids is 1. The maximum absolute atomic E-state index is 13.5. The van der Waals surface area contributed by atoms with Gasteiger partial charge in [-0.05, 0) is 55.2 Å². The third-order valence-electron chi connectivity index (χ3n) is 5.73. The van der Waals surface area contributed by atoms with Gasteiger partial charge in [0.2, 0.25) is 5.91 Å². The molecule has 9 heteroatoms. The Morgan fingerprint density at radius 2 is 1.80 bits per heavy atom. The second-order valence-electron chi connectivity index (χ2n) is 8.62. The van der Waals surface area contributed by atoms with Gasteiger partial charge in [0.25, 0.3) is 5.56 Å². The van der Waals surface area contributed by atoms with Crippen LogP contribution in [-0.4, -0.2) is 31.0 Å². The van der Waals surface area contributed by atoms with Crippen LogP contribution in [0.1, 0.15) is 43.5 Å².